The highest BCUT2D eigenvalue weighted by Gasteiger charge is 2.25. The van der Waals surface area contributed by atoms with Gasteiger partial charge in [-0.3, -0.25) is 19.4 Å². The summed E-state index contributed by atoms with van der Waals surface area (Å²) in [6.45, 7) is 3.80. The molecular formula is C32H32ClN7O4. The first-order valence-corrected chi connectivity index (χ1v) is 14.5. The van der Waals surface area contributed by atoms with Gasteiger partial charge in [0.25, 0.3) is 17.4 Å². The third-order valence-electron chi connectivity index (χ3n) is 7.10. The van der Waals surface area contributed by atoms with Crippen molar-refractivity contribution in [3.63, 3.8) is 0 Å². The zero-order chi connectivity index (χ0) is 31.5. The van der Waals surface area contributed by atoms with E-state index in [2.05, 4.69) is 26.0 Å². The number of aromatic nitrogens is 3. The van der Waals surface area contributed by atoms with E-state index in [0.717, 1.165) is 18.4 Å². The number of rotatable bonds is 8. The number of carbonyl (C=O) groups excluding carboxylic acids is 3. The summed E-state index contributed by atoms with van der Waals surface area (Å²) in [6.07, 6.45) is 4.87. The molecule has 2 heterocycles. The Morgan fingerprint density at radius 2 is 1.70 bits per heavy atom. The average Bonchev–Trinajstić information content (AvgIpc) is 3.83. The molecule has 12 heteroatoms. The largest absolute Gasteiger partial charge is 0.349 e. The van der Waals surface area contributed by atoms with E-state index in [1.807, 2.05) is 24.3 Å². The van der Waals surface area contributed by atoms with E-state index >= 15 is 0 Å². The number of urea groups is 1. The number of pyridine rings is 1. The van der Waals surface area contributed by atoms with Crippen LogP contribution in [0, 0.1) is 6.92 Å². The van der Waals surface area contributed by atoms with Crippen LogP contribution in [0.15, 0.2) is 65.7 Å². The standard InChI is InChI=1S/C32H32ClN7O4/c1-5-40-31(43)27(36-32(44)37-28-18(2)16-34-17-25(28)33)15-26(38-40)20-8-6-7-19(11-20)21-12-22(29(41)35-24-9-10-24)14-23(13-21)30(42)39(3)4/h6-8,11-17,24H,5,9-10H2,1-4H3,(H,35,41)(H2,34,36,37,44). The molecule has 0 atom stereocenters. The molecule has 1 saturated carbocycles. The predicted molar refractivity (Wildman–Crippen MR) is 170 cm³/mol. The molecule has 0 saturated heterocycles. The Morgan fingerprint density at radius 1 is 0.977 bits per heavy atom. The molecule has 4 aromatic rings. The SMILES string of the molecule is CCn1nc(-c2cccc(-c3cc(C(=O)NC4CC4)cc(C(=O)N(C)C)c3)c2)cc(NC(=O)Nc2c(C)cncc2Cl)c1=O. The summed E-state index contributed by atoms with van der Waals surface area (Å²) in [7, 11) is 3.32. The predicted octanol–water partition coefficient (Wildman–Crippen LogP) is 5.19. The first-order chi connectivity index (χ1) is 21.0. The molecule has 0 radical (unpaired) electrons. The van der Waals surface area contributed by atoms with Gasteiger partial charge >= 0.3 is 6.03 Å². The minimum atomic E-state index is -0.647. The van der Waals surface area contributed by atoms with Gasteiger partial charge in [0.05, 0.1) is 16.4 Å². The molecule has 2 aromatic carbocycles. The Morgan fingerprint density at radius 3 is 2.39 bits per heavy atom. The van der Waals surface area contributed by atoms with Gasteiger partial charge in [-0.25, -0.2) is 9.48 Å². The van der Waals surface area contributed by atoms with Crippen molar-refractivity contribution in [2.75, 3.05) is 24.7 Å². The fraction of sp³-hybridized carbons (Fsp3) is 0.250. The summed E-state index contributed by atoms with van der Waals surface area (Å²) >= 11 is 6.20. The lowest BCUT2D eigenvalue weighted by molar-refractivity contribution is 0.0827. The zero-order valence-electron chi connectivity index (χ0n) is 24.8. The van der Waals surface area contributed by atoms with E-state index in [1.165, 1.54) is 21.8 Å². The average molecular weight is 614 g/mol. The highest BCUT2D eigenvalue weighted by atomic mass is 35.5. The molecule has 1 aliphatic rings. The van der Waals surface area contributed by atoms with Crippen LogP contribution in [0.1, 0.15) is 46.0 Å². The van der Waals surface area contributed by atoms with Crippen LogP contribution in [-0.4, -0.2) is 57.6 Å². The van der Waals surface area contributed by atoms with Gasteiger partial charge < -0.3 is 20.9 Å². The van der Waals surface area contributed by atoms with Gasteiger partial charge in [0, 0.05) is 55.8 Å². The molecule has 226 valence electrons. The number of aryl methyl sites for hydroxylation is 2. The van der Waals surface area contributed by atoms with Crippen LogP contribution in [0.5, 0.6) is 0 Å². The topological polar surface area (TPSA) is 138 Å². The Balaban J connectivity index is 1.50. The van der Waals surface area contributed by atoms with Crippen LogP contribution < -0.4 is 21.5 Å². The van der Waals surface area contributed by atoms with Gasteiger partial charge in [0.15, 0.2) is 0 Å². The van der Waals surface area contributed by atoms with Crippen LogP contribution in [0.25, 0.3) is 22.4 Å². The lowest BCUT2D eigenvalue weighted by atomic mass is 9.96. The van der Waals surface area contributed by atoms with Gasteiger partial charge in [-0.05, 0) is 73.7 Å². The van der Waals surface area contributed by atoms with Gasteiger partial charge in [0.1, 0.15) is 5.69 Å². The summed E-state index contributed by atoms with van der Waals surface area (Å²) < 4.78 is 1.26. The smallest absolute Gasteiger partial charge is 0.323 e. The molecule has 44 heavy (non-hydrogen) atoms. The minimum absolute atomic E-state index is 0.0280. The molecule has 0 spiro atoms. The van der Waals surface area contributed by atoms with Crippen LogP contribution in [0.2, 0.25) is 5.02 Å². The van der Waals surface area contributed by atoms with E-state index in [0.29, 0.717) is 39.2 Å². The van der Waals surface area contributed by atoms with Crippen LogP contribution in [0.4, 0.5) is 16.2 Å². The van der Waals surface area contributed by atoms with Crippen molar-refractivity contribution in [3.05, 3.63) is 93.0 Å². The number of nitrogens with one attached hydrogen (secondary N) is 3. The van der Waals surface area contributed by atoms with E-state index < -0.39 is 11.6 Å². The quantitative estimate of drug-likeness (QED) is 0.250. The third kappa shape index (κ3) is 6.78. The van der Waals surface area contributed by atoms with Crippen LogP contribution in [0.3, 0.4) is 0 Å². The summed E-state index contributed by atoms with van der Waals surface area (Å²) in [6, 6.07) is 13.5. The number of hydrogen-bond donors (Lipinski definition) is 3. The normalized spacial score (nSPS) is 12.4. The van der Waals surface area contributed by atoms with Crippen molar-refractivity contribution in [1.82, 2.24) is 25.0 Å². The summed E-state index contributed by atoms with van der Waals surface area (Å²) in [5.41, 5.74) is 3.90. The highest BCUT2D eigenvalue weighted by Crippen LogP contribution is 2.29. The van der Waals surface area contributed by atoms with E-state index in [4.69, 9.17) is 11.6 Å². The lowest BCUT2D eigenvalue weighted by Crippen LogP contribution is -2.30. The molecule has 3 N–H and O–H groups in total. The summed E-state index contributed by atoms with van der Waals surface area (Å²) in [5.74, 6) is -0.454. The Bertz CT molecular complexity index is 1810. The second-order valence-corrected chi connectivity index (χ2v) is 11.2. The molecule has 0 aliphatic heterocycles. The van der Waals surface area contributed by atoms with Crippen molar-refractivity contribution in [2.45, 2.75) is 39.3 Å². The maximum absolute atomic E-state index is 13.1. The van der Waals surface area contributed by atoms with Crippen molar-refractivity contribution >= 4 is 40.8 Å². The summed E-state index contributed by atoms with van der Waals surface area (Å²) in [4.78, 5) is 57.3. The number of carbonyl (C=O) groups is 3. The molecular weight excluding hydrogens is 582 g/mol. The maximum atomic E-state index is 13.1. The number of hydrogen-bond acceptors (Lipinski definition) is 6. The van der Waals surface area contributed by atoms with Crippen molar-refractivity contribution in [3.8, 4) is 22.4 Å². The fourth-order valence-electron chi connectivity index (χ4n) is 4.61. The monoisotopic (exact) mass is 613 g/mol. The maximum Gasteiger partial charge on any atom is 0.323 e. The van der Waals surface area contributed by atoms with Gasteiger partial charge in [-0.1, -0.05) is 29.8 Å². The summed E-state index contributed by atoms with van der Waals surface area (Å²) in [5, 5.41) is 13.1. The van der Waals surface area contributed by atoms with Crippen molar-refractivity contribution in [2.24, 2.45) is 0 Å². The number of halogens is 1. The second kappa shape index (κ2) is 12.7. The van der Waals surface area contributed by atoms with Crippen LogP contribution in [-0.2, 0) is 6.54 Å². The zero-order valence-corrected chi connectivity index (χ0v) is 25.5. The molecule has 5 rings (SSSR count). The third-order valence-corrected chi connectivity index (χ3v) is 7.39. The second-order valence-electron chi connectivity index (χ2n) is 10.8. The number of nitrogens with zero attached hydrogens (tertiary/aromatic N) is 4. The highest BCUT2D eigenvalue weighted by molar-refractivity contribution is 6.33. The number of benzene rings is 2. The Kier molecular flexibility index (Phi) is 8.77. The molecule has 4 amide bonds. The first-order valence-electron chi connectivity index (χ1n) is 14.1. The lowest BCUT2D eigenvalue weighted by Gasteiger charge is -2.15. The van der Waals surface area contributed by atoms with Crippen molar-refractivity contribution in [1.29, 1.82) is 0 Å². The van der Waals surface area contributed by atoms with E-state index in [9.17, 15) is 19.2 Å². The molecule has 11 nitrogen and oxygen atoms in total. The minimum Gasteiger partial charge on any atom is -0.349 e. The van der Waals surface area contributed by atoms with Gasteiger partial charge in [0.2, 0.25) is 0 Å². The Labute approximate surface area is 259 Å². The first kappa shape index (κ1) is 30.4. The van der Waals surface area contributed by atoms with Gasteiger partial charge in [-0.15, -0.1) is 0 Å². The van der Waals surface area contributed by atoms with Crippen LogP contribution >= 0.6 is 11.6 Å². The number of amides is 4. The molecule has 1 fully saturated rings. The molecule has 2 aromatic heterocycles. The Hall–Kier alpha value is -5.03. The fourth-order valence-corrected chi connectivity index (χ4v) is 4.86. The molecule has 1 aliphatic carbocycles. The molecule has 0 bridgehead atoms. The van der Waals surface area contributed by atoms with E-state index in [1.54, 1.807) is 52.3 Å². The van der Waals surface area contributed by atoms with Gasteiger partial charge in [-0.2, -0.15) is 5.10 Å². The number of anilines is 2. The molecule has 0 unspecified atom stereocenters. The van der Waals surface area contributed by atoms with Crippen molar-refractivity contribution < 1.29 is 14.4 Å². The van der Waals surface area contributed by atoms with E-state index in [-0.39, 0.29) is 35.1 Å².